The Bertz CT molecular complexity index is 438. The van der Waals surface area contributed by atoms with Crippen LogP contribution in [0.1, 0.15) is 34.1 Å². The number of ether oxygens (including phenoxy) is 2. The van der Waals surface area contributed by atoms with Gasteiger partial charge in [0, 0.05) is 13.5 Å². The van der Waals surface area contributed by atoms with E-state index >= 15 is 0 Å². The van der Waals surface area contributed by atoms with Crippen LogP contribution in [0, 0.1) is 5.41 Å². The smallest absolute Gasteiger partial charge is 0.410 e. The average molecular weight is 311 g/mol. The van der Waals surface area contributed by atoms with Crippen molar-refractivity contribution in [2.24, 2.45) is 5.41 Å². The lowest BCUT2D eigenvalue weighted by Gasteiger charge is -2.20. The molecule has 0 aromatic carbocycles. The van der Waals surface area contributed by atoms with Gasteiger partial charge >= 0.3 is 12.1 Å². The topological polar surface area (TPSA) is 119 Å². The van der Waals surface area contributed by atoms with E-state index in [0.717, 1.165) is 0 Å². The van der Waals surface area contributed by atoms with Crippen molar-refractivity contribution in [3.63, 3.8) is 0 Å². The molecule has 0 heterocycles. The predicted molar refractivity (Wildman–Crippen MR) is 70.5 cm³/mol. The van der Waals surface area contributed by atoms with Crippen LogP contribution in [0.4, 0.5) is 4.79 Å². The number of amides is 1. The quantitative estimate of drug-likeness (QED) is 0.324. The second-order valence-electron chi connectivity index (χ2n) is 5.19. The Balaban J connectivity index is 3.95. The summed E-state index contributed by atoms with van der Waals surface area (Å²) in [6, 6.07) is 0. The minimum Gasteiger partial charge on any atom is -0.425 e. The molecule has 0 saturated heterocycles. The molecule has 0 radical (unpaired) electrons. The van der Waals surface area contributed by atoms with E-state index in [0.29, 0.717) is 0 Å². The third kappa shape index (κ3) is 9.56. The third-order valence-corrected chi connectivity index (χ3v) is 2.81. The van der Waals surface area contributed by atoms with Crippen LogP contribution >= 0.6 is 0 Å². The van der Waals surface area contributed by atoms with Crippen LogP contribution in [0.3, 0.4) is 0 Å². The Morgan fingerprint density at radius 2 is 1.80 bits per heavy atom. The van der Waals surface area contributed by atoms with Crippen LogP contribution in [0.25, 0.3) is 0 Å². The number of alkyl carbamates (subject to hydrolysis) is 1. The molecule has 0 aliphatic heterocycles. The van der Waals surface area contributed by atoms with Gasteiger partial charge in [-0.2, -0.15) is 8.42 Å². The van der Waals surface area contributed by atoms with Gasteiger partial charge in [0.05, 0.1) is 11.2 Å². The van der Waals surface area contributed by atoms with Crippen LogP contribution in [0.15, 0.2) is 0 Å². The first-order chi connectivity index (χ1) is 8.92. The molecule has 0 fully saturated rings. The predicted octanol–water partition coefficient (Wildman–Crippen LogP) is 0.926. The maximum atomic E-state index is 11.5. The van der Waals surface area contributed by atoms with Gasteiger partial charge in [-0.1, -0.05) is 0 Å². The van der Waals surface area contributed by atoms with Gasteiger partial charge in [-0.25, -0.2) is 4.79 Å². The summed E-state index contributed by atoms with van der Waals surface area (Å²) in [5.74, 6) is -0.967. The SMILES string of the molecule is CC(OC(=O)NCCCS(=O)(=O)O)OC(=O)C(C)(C)C. The maximum absolute atomic E-state index is 11.5. The van der Waals surface area contributed by atoms with Crippen molar-refractivity contribution < 1.29 is 32.0 Å². The number of carbonyl (C=O) groups excluding carboxylic acids is 2. The number of rotatable bonds is 6. The highest BCUT2D eigenvalue weighted by molar-refractivity contribution is 7.85. The molecule has 0 rings (SSSR count). The number of nitrogens with one attached hydrogen (secondary N) is 1. The number of hydrogen-bond donors (Lipinski definition) is 2. The summed E-state index contributed by atoms with van der Waals surface area (Å²) in [5, 5.41) is 2.27. The summed E-state index contributed by atoms with van der Waals surface area (Å²) in [4.78, 5) is 22.8. The monoisotopic (exact) mass is 311 g/mol. The summed E-state index contributed by atoms with van der Waals surface area (Å²) >= 11 is 0. The first-order valence-corrected chi connectivity index (χ1v) is 7.63. The first kappa shape index (κ1) is 18.7. The fraction of sp³-hybridized carbons (Fsp3) is 0.818. The summed E-state index contributed by atoms with van der Waals surface area (Å²) in [6.45, 7) is 6.40. The van der Waals surface area contributed by atoms with Crippen molar-refractivity contribution in [1.82, 2.24) is 5.32 Å². The number of esters is 1. The van der Waals surface area contributed by atoms with Crippen molar-refractivity contribution in [3.8, 4) is 0 Å². The van der Waals surface area contributed by atoms with E-state index in [4.69, 9.17) is 14.0 Å². The molecule has 1 amide bonds. The minimum absolute atomic E-state index is 0.0125. The summed E-state index contributed by atoms with van der Waals surface area (Å²) < 4.78 is 39.0. The second kappa shape index (κ2) is 7.44. The van der Waals surface area contributed by atoms with Crippen molar-refractivity contribution in [1.29, 1.82) is 0 Å². The van der Waals surface area contributed by atoms with E-state index in [9.17, 15) is 18.0 Å². The Morgan fingerprint density at radius 3 is 2.25 bits per heavy atom. The highest BCUT2D eigenvalue weighted by Gasteiger charge is 2.26. The lowest BCUT2D eigenvalue weighted by molar-refractivity contribution is -0.174. The van der Waals surface area contributed by atoms with Crippen LogP contribution < -0.4 is 5.32 Å². The molecule has 0 spiro atoms. The van der Waals surface area contributed by atoms with E-state index in [1.54, 1.807) is 20.8 Å². The van der Waals surface area contributed by atoms with Crippen molar-refractivity contribution >= 4 is 22.2 Å². The van der Waals surface area contributed by atoms with Gasteiger partial charge in [0.15, 0.2) is 0 Å². The van der Waals surface area contributed by atoms with E-state index < -0.39 is 39.6 Å². The molecule has 0 saturated carbocycles. The molecule has 0 bridgehead atoms. The molecule has 1 atom stereocenters. The summed E-state index contributed by atoms with van der Waals surface area (Å²) in [5.41, 5.74) is -0.705. The van der Waals surface area contributed by atoms with Gasteiger partial charge in [-0.15, -0.1) is 0 Å². The molecule has 1 unspecified atom stereocenters. The third-order valence-electron chi connectivity index (χ3n) is 2.01. The largest absolute Gasteiger partial charge is 0.425 e. The van der Waals surface area contributed by atoms with Gasteiger partial charge in [-0.3, -0.25) is 9.35 Å². The molecule has 0 aromatic heterocycles. The van der Waals surface area contributed by atoms with Crippen molar-refractivity contribution in [3.05, 3.63) is 0 Å². The lowest BCUT2D eigenvalue weighted by Crippen LogP contribution is -2.33. The van der Waals surface area contributed by atoms with Crippen LogP contribution in [0.2, 0.25) is 0 Å². The van der Waals surface area contributed by atoms with Crippen LogP contribution in [-0.2, 0) is 24.4 Å². The zero-order valence-electron chi connectivity index (χ0n) is 12.0. The molecule has 0 aliphatic rings. The minimum atomic E-state index is -4.04. The maximum Gasteiger partial charge on any atom is 0.410 e. The van der Waals surface area contributed by atoms with Crippen LogP contribution in [0.5, 0.6) is 0 Å². The summed E-state index contributed by atoms with van der Waals surface area (Å²) in [6.07, 6.45) is -1.85. The van der Waals surface area contributed by atoms with E-state index in [1.165, 1.54) is 6.92 Å². The van der Waals surface area contributed by atoms with E-state index in [1.807, 2.05) is 0 Å². The Hall–Kier alpha value is -1.35. The molecular formula is C11H21NO7S. The molecule has 0 aromatic rings. The van der Waals surface area contributed by atoms with E-state index in [-0.39, 0.29) is 13.0 Å². The Kier molecular flexibility index (Phi) is 6.94. The van der Waals surface area contributed by atoms with Crippen molar-refractivity contribution in [2.45, 2.75) is 40.4 Å². The van der Waals surface area contributed by atoms with Gasteiger partial charge in [0.2, 0.25) is 6.29 Å². The molecular weight excluding hydrogens is 290 g/mol. The van der Waals surface area contributed by atoms with Gasteiger partial charge in [0.1, 0.15) is 0 Å². The highest BCUT2D eigenvalue weighted by Crippen LogP contribution is 2.16. The Labute approximate surface area is 118 Å². The molecule has 9 heteroatoms. The number of carbonyl (C=O) groups is 2. The van der Waals surface area contributed by atoms with Gasteiger partial charge < -0.3 is 14.8 Å². The average Bonchev–Trinajstić information content (AvgIpc) is 2.21. The zero-order chi connectivity index (χ0) is 16.0. The molecule has 2 N–H and O–H groups in total. The van der Waals surface area contributed by atoms with Crippen LogP contribution in [-0.4, -0.2) is 43.6 Å². The number of hydrogen-bond acceptors (Lipinski definition) is 6. The fourth-order valence-corrected chi connectivity index (χ4v) is 1.50. The van der Waals surface area contributed by atoms with Crippen molar-refractivity contribution in [2.75, 3.05) is 12.3 Å². The normalized spacial score (nSPS) is 13.4. The Morgan fingerprint density at radius 1 is 1.25 bits per heavy atom. The standard InChI is InChI=1S/C11H21NO7S/c1-8(18-9(13)11(2,3)4)19-10(14)12-6-5-7-20(15,16)17/h8H,5-7H2,1-4H3,(H,12,14)(H,15,16,17). The zero-order valence-corrected chi connectivity index (χ0v) is 12.8. The first-order valence-electron chi connectivity index (χ1n) is 6.02. The lowest BCUT2D eigenvalue weighted by atomic mass is 9.97. The highest BCUT2D eigenvalue weighted by atomic mass is 32.2. The van der Waals surface area contributed by atoms with Gasteiger partial charge in [-0.05, 0) is 27.2 Å². The fourth-order valence-electron chi connectivity index (χ4n) is 0.989. The second-order valence-corrected chi connectivity index (χ2v) is 6.77. The van der Waals surface area contributed by atoms with E-state index in [2.05, 4.69) is 5.32 Å². The molecule has 118 valence electrons. The van der Waals surface area contributed by atoms with Gasteiger partial charge in [0.25, 0.3) is 10.1 Å². The molecule has 20 heavy (non-hydrogen) atoms. The molecule has 8 nitrogen and oxygen atoms in total. The summed E-state index contributed by atoms with van der Waals surface area (Å²) in [7, 11) is -4.04. The molecule has 0 aliphatic carbocycles.